The molecule has 88 valence electrons. The number of hydrogen-bond acceptors (Lipinski definition) is 3. The SMILES string of the molecule is Cc1cccc(NCC2CCCOC2)c1N. The van der Waals surface area contributed by atoms with Gasteiger partial charge >= 0.3 is 0 Å². The Balaban J connectivity index is 1.91. The smallest absolute Gasteiger partial charge is 0.0579 e. The van der Waals surface area contributed by atoms with Crippen molar-refractivity contribution in [3.63, 3.8) is 0 Å². The van der Waals surface area contributed by atoms with E-state index in [0.717, 1.165) is 36.7 Å². The highest BCUT2D eigenvalue weighted by molar-refractivity contribution is 5.69. The Labute approximate surface area is 97.0 Å². The third-order valence-corrected chi connectivity index (χ3v) is 3.16. The second kappa shape index (κ2) is 5.21. The largest absolute Gasteiger partial charge is 0.397 e. The Morgan fingerprint density at radius 1 is 1.50 bits per heavy atom. The highest BCUT2D eigenvalue weighted by Gasteiger charge is 2.13. The van der Waals surface area contributed by atoms with Crippen molar-refractivity contribution >= 4 is 11.4 Å². The molecule has 0 aliphatic carbocycles. The van der Waals surface area contributed by atoms with E-state index in [2.05, 4.69) is 5.32 Å². The molecule has 1 saturated heterocycles. The summed E-state index contributed by atoms with van der Waals surface area (Å²) in [5.41, 5.74) is 9.04. The summed E-state index contributed by atoms with van der Waals surface area (Å²) in [6.07, 6.45) is 2.42. The van der Waals surface area contributed by atoms with Gasteiger partial charge in [-0.2, -0.15) is 0 Å². The van der Waals surface area contributed by atoms with Crippen molar-refractivity contribution in [1.29, 1.82) is 0 Å². The van der Waals surface area contributed by atoms with E-state index in [1.165, 1.54) is 12.8 Å². The maximum absolute atomic E-state index is 6.00. The van der Waals surface area contributed by atoms with Gasteiger partial charge in [0, 0.05) is 13.2 Å². The van der Waals surface area contributed by atoms with E-state index in [1.807, 2.05) is 25.1 Å². The minimum atomic E-state index is 0.619. The van der Waals surface area contributed by atoms with Gasteiger partial charge in [-0.3, -0.25) is 0 Å². The maximum Gasteiger partial charge on any atom is 0.0579 e. The molecule has 0 spiro atoms. The zero-order chi connectivity index (χ0) is 11.4. The van der Waals surface area contributed by atoms with Crippen LogP contribution in [-0.2, 0) is 4.74 Å². The van der Waals surface area contributed by atoms with Gasteiger partial charge in [0.1, 0.15) is 0 Å². The Morgan fingerprint density at radius 2 is 2.38 bits per heavy atom. The number of aryl methyl sites for hydroxylation is 1. The van der Waals surface area contributed by atoms with Gasteiger partial charge in [0.15, 0.2) is 0 Å². The number of para-hydroxylation sites is 1. The molecule has 0 aromatic heterocycles. The molecule has 1 aliphatic heterocycles. The summed E-state index contributed by atoms with van der Waals surface area (Å²) < 4.78 is 5.45. The second-order valence-electron chi connectivity index (χ2n) is 4.50. The molecule has 1 aromatic rings. The van der Waals surface area contributed by atoms with E-state index < -0.39 is 0 Å². The molecule has 1 fully saturated rings. The topological polar surface area (TPSA) is 47.3 Å². The van der Waals surface area contributed by atoms with E-state index in [1.54, 1.807) is 0 Å². The predicted molar refractivity (Wildman–Crippen MR) is 67.6 cm³/mol. The molecule has 0 bridgehead atoms. The van der Waals surface area contributed by atoms with Crippen LogP contribution in [0.5, 0.6) is 0 Å². The first-order valence-corrected chi connectivity index (χ1v) is 5.94. The van der Waals surface area contributed by atoms with Crippen LogP contribution in [0, 0.1) is 12.8 Å². The average molecular weight is 220 g/mol. The number of nitrogen functional groups attached to an aromatic ring is 1. The highest BCUT2D eigenvalue weighted by Crippen LogP contribution is 2.23. The Morgan fingerprint density at radius 3 is 3.12 bits per heavy atom. The van der Waals surface area contributed by atoms with Crippen molar-refractivity contribution in [3.8, 4) is 0 Å². The van der Waals surface area contributed by atoms with E-state index >= 15 is 0 Å². The van der Waals surface area contributed by atoms with Crippen molar-refractivity contribution in [3.05, 3.63) is 23.8 Å². The molecular formula is C13H20N2O. The molecule has 0 amide bonds. The molecule has 1 atom stereocenters. The van der Waals surface area contributed by atoms with E-state index in [-0.39, 0.29) is 0 Å². The number of nitrogens with two attached hydrogens (primary N) is 1. The number of hydrogen-bond donors (Lipinski definition) is 2. The Kier molecular flexibility index (Phi) is 3.67. The minimum Gasteiger partial charge on any atom is -0.397 e. The van der Waals surface area contributed by atoms with Crippen LogP contribution in [0.3, 0.4) is 0 Å². The van der Waals surface area contributed by atoms with Gasteiger partial charge in [0.25, 0.3) is 0 Å². The zero-order valence-corrected chi connectivity index (χ0v) is 9.83. The van der Waals surface area contributed by atoms with Crippen LogP contribution < -0.4 is 11.1 Å². The van der Waals surface area contributed by atoms with Crippen molar-refractivity contribution in [1.82, 2.24) is 0 Å². The van der Waals surface area contributed by atoms with Crippen LogP contribution in [-0.4, -0.2) is 19.8 Å². The third-order valence-electron chi connectivity index (χ3n) is 3.16. The molecule has 0 radical (unpaired) electrons. The number of benzene rings is 1. The molecule has 3 N–H and O–H groups in total. The average Bonchev–Trinajstić information content (AvgIpc) is 2.32. The number of rotatable bonds is 3. The number of anilines is 2. The monoisotopic (exact) mass is 220 g/mol. The molecule has 16 heavy (non-hydrogen) atoms. The standard InChI is InChI=1S/C13H20N2O/c1-10-4-2-6-12(13(10)14)15-8-11-5-3-7-16-9-11/h2,4,6,11,15H,3,5,7-9,14H2,1H3. The summed E-state index contributed by atoms with van der Waals surface area (Å²) >= 11 is 0. The van der Waals surface area contributed by atoms with E-state index in [4.69, 9.17) is 10.5 Å². The molecule has 0 saturated carbocycles. The lowest BCUT2D eigenvalue weighted by Crippen LogP contribution is -2.24. The number of ether oxygens (including phenoxy) is 1. The fourth-order valence-electron chi connectivity index (χ4n) is 2.06. The third kappa shape index (κ3) is 2.67. The summed E-state index contributed by atoms with van der Waals surface area (Å²) in [5.74, 6) is 0.619. The van der Waals surface area contributed by atoms with Gasteiger partial charge in [0.2, 0.25) is 0 Å². The van der Waals surface area contributed by atoms with Crippen LogP contribution in [0.4, 0.5) is 11.4 Å². The van der Waals surface area contributed by atoms with Crippen molar-refractivity contribution in [2.75, 3.05) is 30.8 Å². The van der Waals surface area contributed by atoms with Crippen molar-refractivity contribution < 1.29 is 4.74 Å². The van der Waals surface area contributed by atoms with Crippen LogP contribution in [0.25, 0.3) is 0 Å². The molecule has 1 unspecified atom stereocenters. The summed E-state index contributed by atoms with van der Waals surface area (Å²) in [7, 11) is 0. The molecule has 3 heteroatoms. The predicted octanol–water partition coefficient (Wildman–Crippen LogP) is 2.42. The second-order valence-corrected chi connectivity index (χ2v) is 4.50. The highest BCUT2D eigenvalue weighted by atomic mass is 16.5. The molecule has 2 rings (SSSR count). The lowest BCUT2D eigenvalue weighted by Gasteiger charge is -2.23. The molecular weight excluding hydrogens is 200 g/mol. The van der Waals surface area contributed by atoms with Crippen molar-refractivity contribution in [2.24, 2.45) is 5.92 Å². The molecule has 1 aliphatic rings. The zero-order valence-electron chi connectivity index (χ0n) is 9.83. The maximum atomic E-state index is 6.00. The summed E-state index contributed by atoms with van der Waals surface area (Å²) in [6.45, 7) is 4.78. The lowest BCUT2D eigenvalue weighted by atomic mass is 10.0. The Hall–Kier alpha value is -1.22. The van der Waals surface area contributed by atoms with Crippen LogP contribution in [0.1, 0.15) is 18.4 Å². The lowest BCUT2D eigenvalue weighted by molar-refractivity contribution is 0.0595. The summed E-state index contributed by atoms with van der Waals surface area (Å²) in [5, 5.41) is 3.42. The van der Waals surface area contributed by atoms with E-state index in [9.17, 15) is 0 Å². The van der Waals surface area contributed by atoms with Crippen LogP contribution in [0.2, 0.25) is 0 Å². The molecule has 1 aromatic carbocycles. The number of nitrogens with one attached hydrogen (secondary N) is 1. The normalized spacial score (nSPS) is 20.7. The molecule has 3 nitrogen and oxygen atoms in total. The first kappa shape index (κ1) is 11.3. The fourth-order valence-corrected chi connectivity index (χ4v) is 2.06. The Bertz CT molecular complexity index is 346. The molecule has 1 heterocycles. The van der Waals surface area contributed by atoms with E-state index in [0.29, 0.717) is 5.92 Å². The van der Waals surface area contributed by atoms with Gasteiger partial charge in [0.05, 0.1) is 18.0 Å². The quantitative estimate of drug-likeness (QED) is 0.769. The minimum absolute atomic E-state index is 0.619. The van der Waals surface area contributed by atoms with Crippen LogP contribution >= 0.6 is 0 Å². The van der Waals surface area contributed by atoms with Crippen LogP contribution in [0.15, 0.2) is 18.2 Å². The fraction of sp³-hybridized carbons (Fsp3) is 0.538. The van der Waals surface area contributed by atoms with Gasteiger partial charge < -0.3 is 15.8 Å². The van der Waals surface area contributed by atoms with Crippen molar-refractivity contribution in [2.45, 2.75) is 19.8 Å². The van der Waals surface area contributed by atoms with Gasteiger partial charge in [-0.05, 0) is 37.3 Å². The van der Waals surface area contributed by atoms with Gasteiger partial charge in [-0.15, -0.1) is 0 Å². The summed E-state index contributed by atoms with van der Waals surface area (Å²) in [4.78, 5) is 0. The first-order chi connectivity index (χ1) is 7.77. The first-order valence-electron chi connectivity index (χ1n) is 5.94. The summed E-state index contributed by atoms with van der Waals surface area (Å²) in [6, 6.07) is 6.10. The van der Waals surface area contributed by atoms with Gasteiger partial charge in [-0.1, -0.05) is 12.1 Å². The van der Waals surface area contributed by atoms with Gasteiger partial charge in [-0.25, -0.2) is 0 Å².